The summed E-state index contributed by atoms with van der Waals surface area (Å²) in [5.41, 5.74) is 3.80. The van der Waals surface area contributed by atoms with Gasteiger partial charge in [-0.1, -0.05) is 6.07 Å². The van der Waals surface area contributed by atoms with E-state index in [0.29, 0.717) is 6.54 Å². The first kappa shape index (κ1) is 20.8. The van der Waals surface area contributed by atoms with Crippen molar-refractivity contribution < 1.29 is 9.59 Å². The van der Waals surface area contributed by atoms with Gasteiger partial charge in [0.05, 0.1) is 5.52 Å². The number of benzene rings is 1. The van der Waals surface area contributed by atoms with E-state index in [4.69, 9.17) is 4.98 Å². The van der Waals surface area contributed by atoms with Gasteiger partial charge < -0.3 is 15.5 Å². The van der Waals surface area contributed by atoms with E-state index in [9.17, 15) is 9.59 Å². The van der Waals surface area contributed by atoms with Gasteiger partial charge in [-0.2, -0.15) is 0 Å². The van der Waals surface area contributed by atoms with Crippen LogP contribution in [-0.4, -0.2) is 34.9 Å². The van der Waals surface area contributed by atoms with E-state index in [1.54, 1.807) is 12.4 Å². The van der Waals surface area contributed by atoms with E-state index < -0.39 is 0 Å². The van der Waals surface area contributed by atoms with Gasteiger partial charge in [-0.25, -0.2) is 4.98 Å². The Kier molecular flexibility index (Phi) is 6.11. The van der Waals surface area contributed by atoms with Crippen LogP contribution in [0.15, 0.2) is 48.8 Å². The zero-order valence-corrected chi connectivity index (χ0v) is 17.9. The first-order valence-electron chi connectivity index (χ1n) is 10.6. The number of amides is 2. The molecule has 4 rings (SSSR count). The third kappa shape index (κ3) is 4.99. The Morgan fingerprint density at radius 1 is 1.16 bits per heavy atom. The van der Waals surface area contributed by atoms with Crippen LogP contribution in [0.25, 0.3) is 10.9 Å². The SMILES string of the molecule is CC(=O)Nc1ccc2nc(N3CCC(C(=O)NCc4cccnc4)CC3)cc(C)c2c1. The third-order valence-electron chi connectivity index (χ3n) is 5.70. The fraction of sp³-hybridized carbons (Fsp3) is 0.333. The standard InChI is InChI=1S/C24H27N5O2/c1-16-12-23(28-22-6-5-20(13-21(16)22)27-17(2)30)29-10-7-19(8-11-29)24(31)26-15-18-4-3-9-25-14-18/h3-6,9,12-14,19H,7-8,10-11,15H2,1-2H3,(H,26,31)(H,27,30). The molecule has 7 nitrogen and oxygen atoms in total. The summed E-state index contributed by atoms with van der Waals surface area (Å²) in [7, 11) is 0. The number of pyridine rings is 2. The van der Waals surface area contributed by atoms with Gasteiger partial charge in [0, 0.05) is 55.9 Å². The highest BCUT2D eigenvalue weighted by Gasteiger charge is 2.25. The molecule has 31 heavy (non-hydrogen) atoms. The average Bonchev–Trinajstić information content (AvgIpc) is 2.78. The van der Waals surface area contributed by atoms with E-state index in [0.717, 1.165) is 59.5 Å². The molecular formula is C24H27N5O2. The van der Waals surface area contributed by atoms with Crippen LogP contribution in [0.5, 0.6) is 0 Å². The summed E-state index contributed by atoms with van der Waals surface area (Å²) >= 11 is 0. The van der Waals surface area contributed by atoms with Gasteiger partial charge >= 0.3 is 0 Å². The predicted molar refractivity (Wildman–Crippen MR) is 122 cm³/mol. The van der Waals surface area contributed by atoms with Crippen LogP contribution in [0.2, 0.25) is 0 Å². The summed E-state index contributed by atoms with van der Waals surface area (Å²) in [4.78, 5) is 35.0. The van der Waals surface area contributed by atoms with Gasteiger partial charge in [0.1, 0.15) is 5.82 Å². The predicted octanol–water partition coefficient (Wildman–Crippen LogP) is 3.43. The second-order valence-electron chi connectivity index (χ2n) is 8.05. The number of carbonyl (C=O) groups is 2. The molecule has 0 spiro atoms. The van der Waals surface area contributed by atoms with Gasteiger partial charge in [-0.15, -0.1) is 0 Å². The average molecular weight is 418 g/mol. The lowest BCUT2D eigenvalue weighted by molar-refractivity contribution is -0.125. The monoisotopic (exact) mass is 417 g/mol. The van der Waals surface area contributed by atoms with Gasteiger partial charge in [-0.3, -0.25) is 14.6 Å². The Morgan fingerprint density at radius 2 is 1.97 bits per heavy atom. The molecule has 0 bridgehead atoms. The first-order chi connectivity index (χ1) is 15.0. The summed E-state index contributed by atoms with van der Waals surface area (Å²) in [6.07, 6.45) is 5.11. The number of nitrogens with zero attached hydrogens (tertiary/aromatic N) is 3. The van der Waals surface area contributed by atoms with Crippen LogP contribution in [0.3, 0.4) is 0 Å². The highest BCUT2D eigenvalue weighted by atomic mass is 16.2. The smallest absolute Gasteiger partial charge is 0.223 e. The summed E-state index contributed by atoms with van der Waals surface area (Å²) in [5.74, 6) is 0.978. The number of nitrogens with one attached hydrogen (secondary N) is 2. The third-order valence-corrected chi connectivity index (χ3v) is 5.70. The van der Waals surface area contributed by atoms with Gasteiger partial charge in [-0.05, 0) is 61.2 Å². The maximum atomic E-state index is 12.6. The molecule has 160 valence electrons. The number of piperidine rings is 1. The molecular weight excluding hydrogens is 390 g/mol. The minimum atomic E-state index is -0.0890. The second-order valence-corrected chi connectivity index (χ2v) is 8.05. The molecule has 0 unspecified atom stereocenters. The van der Waals surface area contributed by atoms with Crippen molar-refractivity contribution >= 4 is 34.2 Å². The molecule has 1 aliphatic rings. The molecule has 3 aromatic rings. The van der Waals surface area contributed by atoms with Crippen LogP contribution >= 0.6 is 0 Å². The quantitative estimate of drug-likeness (QED) is 0.664. The van der Waals surface area contributed by atoms with E-state index in [1.165, 1.54) is 6.92 Å². The topological polar surface area (TPSA) is 87.2 Å². The van der Waals surface area contributed by atoms with Crippen molar-refractivity contribution in [3.05, 3.63) is 59.9 Å². The molecule has 1 aliphatic heterocycles. The molecule has 0 radical (unpaired) electrons. The molecule has 2 aromatic heterocycles. The van der Waals surface area contributed by atoms with Crippen molar-refractivity contribution in [3.8, 4) is 0 Å². The Labute approximate surface area is 181 Å². The van der Waals surface area contributed by atoms with Crippen molar-refractivity contribution in [1.82, 2.24) is 15.3 Å². The molecule has 0 saturated carbocycles. The minimum absolute atomic E-state index is 0.0229. The summed E-state index contributed by atoms with van der Waals surface area (Å²) in [6, 6.07) is 11.7. The molecule has 7 heteroatoms. The fourth-order valence-electron chi connectivity index (χ4n) is 4.03. The lowest BCUT2D eigenvalue weighted by atomic mass is 9.95. The van der Waals surface area contributed by atoms with Crippen molar-refractivity contribution in [2.75, 3.05) is 23.3 Å². The number of fused-ring (bicyclic) bond motifs is 1. The Morgan fingerprint density at radius 3 is 2.68 bits per heavy atom. The molecule has 3 heterocycles. The Hall–Kier alpha value is -3.48. The molecule has 1 aromatic carbocycles. The van der Waals surface area contributed by atoms with Crippen molar-refractivity contribution in [3.63, 3.8) is 0 Å². The van der Waals surface area contributed by atoms with Gasteiger partial charge in [0.2, 0.25) is 11.8 Å². The second kappa shape index (κ2) is 9.12. The number of aryl methyl sites for hydroxylation is 1. The number of anilines is 2. The van der Waals surface area contributed by atoms with Crippen molar-refractivity contribution in [1.29, 1.82) is 0 Å². The van der Waals surface area contributed by atoms with Crippen LogP contribution < -0.4 is 15.5 Å². The highest BCUT2D eigenvalue weighted by Crippen LogP contribution is 2.28. The van der Waals surface area contributed by atoms with Gasteiger partial charge in [0.25, 0.3) is 0 Å². The molecule has 0 aliphatic carbocycles. The maximum Gasteiger partial charge on any atom is 0.223 e. The first-order valence-corrected chi connectivity index (χ1v) is 10.6. The maximum absolute atomic E-state index is 12.6. The van der Waals surface area contributed by atoms with Crippen molar-refractivity contribution in [2.45, 2.75) is 33.2 Å². The normalized spacial score (nSPS) is 14.5. The minimum Gasteiger partial charge on any atom is -0.357 e. The van der Waals surface area contributed by atoms with E-state index in [-0.39, 0.29) is 17.7 Å². The highest BCUT2D eigenvalue weighted by molar-refractivity contribution is 5.93. The number of carbonyl (C=O) groups excluding carboxylic acids is 2. The zero-order chi connectivity index (χ0) is 21.8. The Balaban J connectivity index is 1.39. The fourth-order valence-corrected chi connectivity index (χ4v) is 4.03. The summed E-state index contributed by atoms with van der Waals surface area (Å²) in [5, 5.41) is 6.88. The van der Waals surface area contributed by atoms with E-state index >= 15 is 0 Å². The van der Waals surface area contributed by atoms with Crippen LogP contribution in [-0.2, 0) is 16.1 Å². The summed E-state index contributed by atoms with van der Waals surface area (Å²) in [6.45, 7) is 5.67. The molecule has 1 fully saturated rings. The molecule has 2 N–H and O–H groups in total. The zero-order valence-electron chi connectivity index (χ0n) is 17.9. The van der Waals surface area contributed by atoms with Gasteiger partial charge in [0.15, 0.2) is 0 Å². The lowest BCUT2D eigenvalue weighted by Crippen LogP contribution is -2.40. The van der Waals surface area contributed by atoms with Crippen LogP contribution in [0, 0.1) is 12.8 Å². The lowest BCUT2D eigenvalue weighted by Gasteiger charge is -2.32. The van der Waals surface area contributed by atoms with Crippen LogP contribution in [0.4, 0.5) is 11.5 Å². The van der Waals surface area contributed by atoms with Crippen molar-refractivity contribution in [2.24, 2.45) is 5.92 Å². The number of hydrogen-bond donors (Lipinski definition) is 2. The number of hydrogen-bond acceptors (Lipinski definition) is 5. The number of aromatic nitrogens is 2. The Bertz CT molecular complexity index is 1090. The molecule has 2 amide bonds. The van der Waals surface area contributed by atoms with E-state index in [2.05, 4.69) is 33.5 Å². The summed E-state index contributed by atoms with van der Waals surface area (Å²) < 4.78 is 0. The van der Waals surface area contributed by atoms with Crippen LogP contribution in [0.1, 0.15) is 30.9 Å². The number of rotatable bonds is 5. The molecule has 1 saturated heterocycles. The molecule has 0 atom stereocenters. The van der Waals surface area contributed by atoms with E-state index in [1.807, 2.05) is 30.3 Å². The largest absolute Gasteiger partial charge is 0.357 e.